The molecule has 0 saturated carbocycles. The molecule has 0 amide bonds. The average molecular weight is 492 g/mol. The number of para-hydroxylation sites is 1. The lowest BCUT2D eigenvalue weighted by Gasteiger charge is -2.15. The van der Waals surface area contributed by atoms with Gasteiger partial charge in [0.2, 0.25) is 0 Å². The number of rotatable bonds is 1. The second-order valence-electron chi connectivity index (χ2n) is 10.9. The molecule has 0 aliphatic heterocycles. The van der Waals surface area contributed by atoms with Crippen molar-refractivity contribution in [3.63, 3.8) is 0 Å². The van der Waals surface area contributed by atoms with E-state index in [1.54, 1.807) is 0 Å². The molecule has 8 aromatic rings. The monoisotopic (exact) mass is 491 g/mol. The average Bonchev–Trinajstić information content (AvgIpc) is 3.63. The molecule has 0 spiro atoms. The third-order valence-corrected chi connectivity index (χ3v) is 9.06. The SMILES string of the molecule is c1ccc2c(c1)-c1cccc3c(-n4c5ccccc5c5cc6c7c(cccc7c54)-c4ccccc4-6)ccc-2c13. The van der Waals surface area contributed by atoms with Crippen LogP contribution in [-0.2, 0) is 0 Å². The van der Waals surface area contributed by atoms with E-state index in [-0.39, 0.29) is 0 Å². The maximum Gasteiger partial charge on any atom is 0.0620 e. The Morgan fingerprint density at radius 2 is 0.846 bits per heavy atom. The second-order valence-corrected chi connectivity index (χ2v) is 10.9. The van der Waals surface area contributed by atoms with Crippen molar-refractivity contribution in [1.29, 1.82) is 0 Å². The van der Waals surface area contributed by atoms with Crippen LogP contribution in [0.1, 0.15) is 0 Å². The number of benzene rings is 7. The number of fused-ring (bicyclic) bond motifs is 10. The summed E-state index contributed by atoms with van der Waals surface area (Å²) in [5, 5.41) is 7.96. The molecule has 2 aliphatic rings. The van der Waals surface area contributed by atoms with Gasteiger partial charge in [0, 0.05) is 21.5 Å². The largest absolute Gasteiger partial charge is 0.308 e. The first-order valence-corrected chi connectivity index (χ1v) is 13.6. The first-order chi connectivity index (χ1) is 19.4. The van der Waals surface area contributed by atoms with Crippen molar-refractivity contribution < 1.29 is 0 Å². The van der Waals surface area contributed by atoms with E-state index in [0.29, 0.717) is 0 Å². The van der Waals surface area contributed by atoms with Crippen LogP contribution in [0.4, 0.5) is 0 Å². The summed E-state index contributed by atoms with van der Waals surface area (Å²) in [6.07, 6.45) is 0. The number of nitrogens with zero attached hydrogens (tertiary/aromatic N) is 1. The zero-order chi connectivity index (χ0) is 25.2. The maximum absolute atomic E-state index is 2.53. The Morgan fingerprint density at radius 1 is 0.333 bits per heavy atom. The Bertz CT molecular complexity index is 2350. The fourth-order valence-electron chi connectivity index (χ4n) is 7.56. The van der Waals surface area contributed by atoms with Crippen molar-refractivity contribution in [2.24, 2.45) is 0 Å². The minimum atomic E-state index is 1.24. The Balaban J connectivity index is 1.41. The molecule has 178 valence electrons. The second kappa shape index (κ2) is 6.83. The third-order valence-electron chi connectivity index (χ3n) is 9.06. The van der Waals surface area contributed by atoms with Crippen molar-refractivity contribution in [2.75, 3.05) is 0 Å². The molecule has 1 heteroatoms. The van der Waals surface area contributed by atoms with E-state index in [0.717, 1.165) is 0 Å². The summed E-state index contributed by atoms with van der Waals surface area (Å²) in [6, 6.07) is 47.3. The molecule has 1 aromatic heterocycles. The van der Waals surface area contributed by atoms with Crippen LogP contribution >= 0.6 is 0 Å². The molecule has 39 heavy (non-hydrogen) atoms. The normalized spacial score (nSPS) is 12.6. The van der Waals surface area contributed by atoms with Gasteiger partial charge in [-0.05, 0) is 73.5 Å². The summed E-state index contributed by atoms with van der Waals surface area (Å²) in [5.41, 5.74) is 14.5. The van der Waals surface area contributed by atoms with Crippen LogP contribution in [0.25, 0.3) is 93.5 Å². The van der Waals surface area contributed by atoms with Gasteiger partial charge in [0.15, 0.2) is 0 Å². The molecule has 0 bridgehead atoms. The first kappa shape index (κ1) is 19.9. The number of aromatic nitrogens is 1. The van der Waals surface area contributed by atoms with Crippen LogP contribution in [0.2, 0.25) is 0 Å². The Labute approximate surface area is 225 Å². The lowest BCUT2D eigenvalue weighted by atomic mass is 9.98. The smallest absolute Gasteiger partial charge is 0.0620 e. The topological polar surface area (TPSA) is 4.93 Å². The summed E-state index contributed by atoms with van der Waals surface area (Å²) < 4.78 is 2.53. The predicted octanol–water partition coefficient (Wildman–Crippen LogP) is 10.4. The fourth-order valence-corrected chi connectivity index (χ4v) is 7.56. The quantitative estimate of drug-likeness (QED) is 0.215. The summed E-state index contributed by atoms with van der Waals surface area (Å²) in [5.74, 6) is 0. The van der Waals surface area contributed by atoms with Crippen LogP contribution in [0.5, 0.6) is 0 Å². The molecule has 0 N–H and O–H groups in total. The predicted molar refractivity (Wildman–Crippen MR) is 165 cm³/mol. The molecular weight excluding hydrogens is 470 g/mol. The van der Waals surface area contributed by atoms with Gasteiger partial charge in [0.05, 0.1) is 16.7 Å². The summed E-state index contributed by atoms with van der Waals surface area (Å²) >= 11 is 0. The molecule has 10 rings (SSSR count). The molecule has 1 nitrogen and oxygen atoms in total. The van der Waals surface area contributed by atoms with Crippen LogP contribution in [0.15, 0.2) is 127 Å². The van der Waals surface area contributed by atoms with E-state index in [1.165, 1.54) is 93.5 Å². The molecule has 2 aliphatic carbocycles. The summed E-state index contributed by atoms with van der Waals surface area (Å²) in [7, 11) is 0. The van der Waals surface area contributed by atoms with Gasteiger partial charge in [0.1, 0.15) is 0 Å². The van der Waals surface area contributed by atoms with Gasteiger partial charge in [-0.15, -0.1) is 0 Å². The highest BCUT2D eigenvalue weighted by Crippen LogP contribution is 2.52. The summed E-state index contributed by atoms with van der Waals surface area (Å²) in [6.45, 7) is 0. The van der Waals surface area contributed by atoms with Gasteiger partial charge in [-0.1, -0.05) is 109 Å². The van der Waals surface area contributed by atoms with E-state index >= 15 is 0 Å². The fraction of sp³-hybridized carbons (Fsp3) is 0. The molecule has 0 atom stereocenters. The van der Waals surface area contributed by atoms with Gasteiger partial charge in [-0.25, -0.2) is 0 Å². The minimum Gasteiger partial charge on any atom is -0.308 e. The number of hydrogen-bond donors (Lipinski definition) is 0. The summed E-state index contributed by atoms with van der Waals surface area (Å²) in [4.78, 5) is 0. The maximum atomic E-state index is 2.53. The standard InChI is InChI=1S/C38H21N/c1-2-10-23-22(9-1)27-14-7-16-30-35(20-19-29(23)36(27)30)39-34-18-6-5-13-26(34)33-21-32-25-12-4-3-11-24(25)28-15-8-17-31(37(28)32)38(33)39/h1-21H. The van der Waals surface area contributed by atoms with Gasteiger partial charge in [-0.2, -0.15) is 0 Å². The van der Waals surface area contributed by atoms with E-state index in [1.807, 2.05) is 0 Å². The Morgan fingerprint density at radius 3 is 1.56 bits per heavy atom. The lowest BCUT2D eigenvalue weighted by Crippen LogP contribution is -1.96. The van der Waals surface area contributed by atoms with Gasteiger partial charge >= 0.3 is 0 Å². The van der Waals surface area contributed by atoms with Crippen LogP contribution in [0, 0.1) is 0 Å². The van der Waals surface area contributed by atoms with Crippen LogP contribution < -0.4 is 0 Å². The van der Waals surface area contributed by atoms with Crippen molar-refractivity contribution in [2.45, 2.75) is 0 Å². The molecule has 0 unspecified atom stereocenters. The highest BCUT2D eigenvalue weighted by atomic mass is 15.0. The van der Waals surface area contributed by atoms with Crippen molar-refractivity contribution in [3.05, 3.63) is 127 Å². The molecule has 0 saturated heterocycles. The molecular formula is C38H21N. The van der Waals surface area contributed by atoms with E-state index < -0.39 is 0 Å². The zero-order valence-corrected chi connectivity index (χ0v) is 21.1. The van der Waals surface area contributed by atoms with E-state index in [4.69, 9.17) is 0 Å². The molecule has 1 heterocycles. The molecule has 0 radical (unpaired) electrons. The van der Waals surface area contributed by atoms with Crippen LogP contribution in [-0.4, -0.2) is 4.57 Å². The lowest BCUT2D eigenvalue weighted by molar-refractivity contribution is 1.21. The van der Waals surface area contributed by atoms with Crippen molar-refractivity contribution in [1.82, 2.24) is 4.57 Å². The van der Waals surface area contributed by atoms with Crippen molar-refractivity contribution >= 4 is 43.4 Å². The van der Waals surface area contributed by atoms with E-state index in [9.17, 15) is 0 Å². The van der Waals surface area contributed by atoms with Gasteiger partial charge in [0.25, 0.3) is 0 Å². The van der Waals surface area contributed by atoms with Crippen molar-refractivity contribution in [3.8, 4) is 50.2 Å². The third kappa shape index (κ3) is 2.29. The highest BCUT2D eigenvalue weighted by molar-refractivity contribution is 6.28. The molecule has 7 aromatic carbocycles. The van der Waals surface area contributed by atoms with Gasteiger partial charge < -0.3 is 4.57 Å². The highest BCUT2D eigenvalue weighted by Gasteiger charge is 2.27. The Hall–Kier alpha value is -5.14. The Kier molecular flexibility index (Phi) is 3.49. The first-order valence-electron chi connectivity index (χ1n) is 13.6. The van der Waals surface area contributed by atoms with Crippen LogP contribution in [0.3, 0.4) is 0 Å². The molecule has 0 fully saturated rings. The van der Waals surface area contributed by atoms with Gasteiger partial charge in [-0.3, -0.25) is 0 Å². The van der Waals surface area contributed by atoms with E-state index in [2.05, 4.69) is 132 Å². The minimum absolute atomic E-state index is 1.24. The zero-order valence-electron chi connectivity index (χ0n) is 21.1. The number of hydrogen-bond acceptors (Lipinski definition) is 0.